The van der Waals surface area contributed by atoms with Crippen LogP contribution in [-0.2, 0) is 52.6 Å². The summed E-state index contributed by atoms with van der Waals surface area (Å²) in [6.07, 6.45) is 2.21. The zero-order chi connectivity index (χ0) is 35.4. The summed E-state index contributed by atoms with van der Waals surface area (Å²) >= 11 is 0. The van der Waals surface area contributed by atoms with Gasteiger partial charge < -0.3 is 40.5 Å². The molecule has 0 aromatic rings. The molecule has 19 nitrogen and oxygen atoms in total. The second-order valence-corrected chi connectivity index (χ2v) is 11.3. The van der Waals surface area contributed by atoms with Crippen LogP contribution in [0.1, 0.15) is 44.9 Å². The van der Waals surface area contributed by atoms with Crippen molar-refractivity contribution in [1.29, 1.82) is 0 Å². The van der Waals surface area contributed by atoms with Crippen LogP contribution in [0, 0.1) is 0 Å². The Morgan fingerprint density at radius 2 is 1.50 bits per heavy atom. The SMILES string of the molecule is N[C@@H](CC(=O)O)C(=O)N1CCC[C@H]1C(=O)N1CCC[C@H]1C(=O)N[C@@H](CCC(=O)O)C(=O)NC(=O)COCCOCCN1C(=O)C=CC1=O. The quantitative estimate of drug-likeness (QED) is 0.0702. The van der Waals surface area contributed by atoms with E-state index < -0.39 is 96.9 Å². The van der Waals surface area contributed by atoms with Crippen molar-refractivity contribution < 1.29 is 62.8 Å². The van der Waals surface area contributed by atoms with Gasteiger partial charge in [-0.15, -0.1) is 0 Å². The minimum atomic E-state index is -1.44. The number of hydrogen-bond donors (Lipinski definition) is 5. The summed E-state index contributed by atoms with van der Waals surface area (Å²) in [5, 5.41) is 22.6. The van der Waals surface area contributed by atoms with Gasteiger partial charge in [0.05, 0.1) is 38.8 Å². The van der Waals surface area contributed by atoms with Crippen LogP contribution in [-0.4, -0.2) is 148 Å². The Labute approximate surface area is 274 Å². The van der Waals surface area contributed by atoms with Gasteiger partial charge in [-0.25, -0.2) is 0 Å². The molecule has 3 rings (SSSR count). The van der Waals surface area contributed by atoms with E-state index in [9.17, 15) is 43.2 Å². The van der Waals surface area contributed by atoms with Crippen molar-refractivity contribution in [1.82, 2.24) is 25.3 Å². The topological polar surface area (TPSA) is 272 Å². The number of aliphatic carboxylic acids is 2. The molecule has 4 atom stereocenters. The molecule has 0 radical (unpaired) electrons. The molecule has 2 fully saturated rings. The van der Waals surface area contributed by atoms with E-state index in [1.807, 2.05) is 0 Å². The van der Waals surface area contributed by atoms with Crippen LogP contribution < -0.4 is 16.4 Å². The Kier molecular flexibility index (Phi) is 14.1. The summed E-state index contributed by atoms with van der Waals surface area (Å²) in [6, 6.07) is -4.77. The molecule has 3 heterocycles. The van der Waals surface area contributed by atoms with Gasteiger partial charge in [-0.3, -0.25) is 53.4 Å². The van der Waals surface area contributed by atoms with Gasteiger partial charge in [0.15, 0.2) is 0 Å². The highest BCUT2D eigenvalue weighted by molar-refractivity contribution is 6.12. The van der Waals surface area contributed by atoms with Gasteiger partial charge in [0, 0.05) is 31.7 Å². The zero-order valence-corrected chi connectivity index (χ0v) is 26.2. The number of nitrogens with two attached hydrogens (primary N) is 1. The number of hydrogen-bond acceptors (Lipinski definition) is 12. The molecule has 0 aliphatic carbocycles. The van der Waals surface area contributed by atoms with Crippen LogP contribution in [0.15, 0.2) is 12.2 Å². The molecular weight excluding hydrogens is 640 g/mol. The fraction of sp³-hybridized carbons (Fsp3) is 0.621. The third kappa shape index (κ3) is 10.6. The fourth-order valence-electron chi connectivity index (χ4n) is 5.53. The van der Waals surface area contributed by atoms with E-state index in [2.05, 4.69) is 10.6 Å². The predicted molar refractivity (Wildman–Crippen MR) is 159 cm³/mol. The van der Waals surface area contributed by atoms with Crippen LogP contribution in [0.25, 0.3) is 0 Å². The van der Waals surface area contributed by atoms with Crippen molar-refractivity contribution in [2.45, 2.75) is 69.1 Å². The number of amides is 7. The van der Waals surface area contributed by atoms with E-state index in [4.69, 9.17) is 25.4 Å². The van der Waals surface area contributed by atoms with Gasteiger partial charge in [0.2, 0.25) is 23.6 Å². The standard InChI is InChI=1S/C29H40N6O13/c30-17(15-25(41)42)28(45)34-10-2-4-20(34)29(46)33-9-1-3-19(33)27(44)31-18(5-8-24(39)40)26(43)32-21(36)16-48-14-13-47-12-11-35-22(37)6-7-23(35)38/h6-7,17-20H,1-5,8-16,30H2,(H,31,44)(H,39,40)(H,41,42)(H,32,36,43)/t17-,18-,19-,20-/m0/s1. The Balaban J connectivity index is 1.49. The van der Waals surface area contributed by atoms with Crippen molar-refractivity contribution in [3.05, 3.63) is 12.2 Å². The monoisotopic (exact) mass is 680 g/mol. The third-order valence-electron chi connectivity index (χ3n) is 7.88. The number of imide groups is 2. The van der Waals surface area contributed by atoms with Crippen molar-refractivity contribution in [3.63, 3.8) is 0 Å². The fourth-order valence-corrected chi connectivity index (χ4v) is 5.53. The van der Waals surface area contributed by atoms with Crippen LogP contribution in [0.4, 0.5) is 0 Å². The Hall–Kier alpha value is -4.75. The van der Waals surface area contributed by atoms with Gasteiger partial charge in [-0.05, 0) is 32.1 Å². The van der Waals surface area contributed by atoms with E-state index in [0.29, 0.717) is 12.8 Å². The smallest absolute Gasteiger partial charge is 0.305 e. The predicted octanol–water partition coefficient (Wildman–Crippen LogP) is -3.28. The van der Waals surface area contributed by atoms with Crippen molar-refractivity contribution in [2.24, 2.45) is 5.73 Å². The normalized spacial score (nSPS) is 20.1. The Morgan fingerprint density at radius 1 is 0.875 bits per heavy atom. The molecule has 48 heavy (non-hydrogen) atoms. The highest BCUT2D eigenvalue weighted by Crippen LogP contribution is 2.26. The van der Waals surface area contributed by atoms with Crippen LogP contribution >= 0.6 is 0 Å². The average Bonchev–Trinajstić information content (AvgIpc) is 3.78. The molecule has 3 aliphatic heterocycles. The molecule has 0 aromatic heterocycles. The molecule has 0 spiro atoms. The lowest BCUT2D eigenvalue weighted by Crippen LogP contribution is -2.57. The molecule has 0 saturated carbocycles. The zero-order valence-electron chi connectivity index (χ0n) is 26.2. The molecule has 0 bridgehead atoms. The highest BCUT2D eigenvalue weighted by Gasteiger charge is 2.43. The molecule has 264 valence electrons. The third-order valence-corrected chi connectivity index (χ3v) is 7.88. The van der Waals surface area contributed by atoms with Gasteiger partial charge in [-0.2, -0.15) is 0 Å². The van der Waals surface area contributed by atoms with E-state index >= 15 is 0 Å². The average molecular weight is 681 g/mol. The highest BCUT2D eigenvalue weighted by atomic mass is 16.5. The van der Waals surface area contributed by atoms with E-state index in [1.54, 1.807) is 0 Å². The van der Waals surface area contributed by atoms with Gasteiger partial charge in [-0.1, -0.05) is 0 Å². The largest absolute Gasteiger partial charge is 0.481 e. The second kappa shape index (κ2) is 18.0. The molecule has 7 amide bonds. The van der Waals surface area contributed by atoms with E-state index in [1.165, 1.54) is 9.80 Å². The molecule has 3 aliphatic rings. The molecule has 6 N–H and O–H groups in total. The minimum absolute atomic E-state index is 0.0146. The lowest BCUT2D eigenvalue weighted by molar-refractivity contribution is -0.148. The summed E-state index contributed by atoms with van der Waals surface area (Å²) in [6.45, 7) is -0.176. The van der Waals surface area contributed by atoms with Crippen LogP contribution in [0.5, 0.6) is 0 Å². The number of likely N-dealkylation sites (tertiary alicyclic amines) is 2. The maximum Gasteiger partial charge on any atom is 0.305 e. The van der Waals surface area contributed by atoms with Gasteiger partial charge in [0.1, 0.15) is 24.7 Å². The molecular formula is C29H40N6O13. The summed E-state index contributed by atoms with van der Waals surface area (Å²) in [4.78, 5) is 114. The first-order valence-electron chi connectivity index (χ1n) is 15.4. The number of carboxylic acids is 2. The Morgan fingerprint density at radius 3 is 2.15 bits per heavy atom. The van der Waals surface area contributed by atoms with Crippen molar-refractivity contribution in [2.75, 3.05) is 46.1 Å². The Bertz CT molecular complexity index is 1300. The summed E-state index contributed by atoms with van der Waals surface area (Å²) < 4.78 is 10.4. The first kappa shape index (κ1) is 37.7. The van der Waals surface area contributed by atoms with Gasteiger partial charge >= 0.3 is 11.9 Å². The lowest BCUT2D eigenvalue weighted by atomic mass is 10.1. The summed E-state index contributed by atoms with van der Waals surface area (Å²) in [5.41, 5.74) is 5.74. The first-order valence-corrected chi connectivity index (χ1v) is 15.4. The molecule has 2 saturated heterocycles. The number of carboxylic acid groups (broad SMARTS) is 2. The lowest BCUT2D eigenvalue weighted by Gasteiger charge is -2.32. The minimum Gasteiger partial charge on any atom is -0.481 e. The molecule has 0 aromatic carbocycles. The van der Waals surface area contributed by atoms with Crippen LogP contribution in [0.3, 0.4) is 0 Å². The summed E-state index contributed by atoms with van der Waals surface area (Å²) in [5.74, 6) is -7.24. The number of ether oxygens (including phenoxy) is 2. The number of nitrogens with zero attached hydrogens (tertiary/aromatic N) is 3. The van der Waals surface area contributed by atoms with E-state index in [-0.39, 0.29) is 58.7 Å². The first-order chi connectivity index (χ1) is 22.8. The maximum absolute atomic E-state index is 13.5. The van der Waals surface area contributed by atoms with E-state index in [0.717, 1.165) is 17.1 Å². The second-order valence-electron chi connectivity index (χ2n) is 11.3. The van der Waals surface area contributed by atoms with Crippen molar-refractivity contribution in [3.8, 4) is 0 Å². The number of carbonyl (C=O) groups excluding carboxylic acids is 7. The summed E-state index contributed by atoms with van der Waals surface area (Å²) in [7, 11) is 0. The molecule has 0 unspecified atom stereocenters. The number of rotatable bonds is 18. The van der Waals surface area contributed by atoms with Crippen molar-refractivity contribution >= 4 is 53.3 Å². The van der Waals surface area contributed by atoms with Crippen LogP contribution in [0.2, 0.25) is 0 Å². The van der Waals surface area contributed by atoms with Gasteiger partial charge in [0.25, 0.3) is 17.7 Å². The molecule has 19 heteroatoms. The number of carbonyl (C=O) groups is 9. The maximum atomic E-state index is 13.5. The number of nitrogens with one attached hydrogen (secondary N) is 2.